The van der Waals surface area contributed by atoms with E-state index in [0.29, 0.717) is 11.8 Å². The van der Waals surface area contributed by atoms with E-state index in [-0.39, 0.29) is 45.2 Å². The molecule has 258 valence electrons. The van der Waals surface area contributed by atoms with Crippen LogP contribution >= 0.6 is 0 Å². The number of hydrogen-bond acceptors (Lipinski definition) is 9. The van der Waals surface area contributed by atoms with Gasteiger partial charge in [0.15, 0.2) is 6.29 Å². The molecule has 5 saturated carbocycles. The lowest BCUT2D eigenvalue weighted by Crippen LogP contribution is -2.62. The van der Waals surface area contributed by atoms with Gasteiger partial charge in [0.1, 0.15) is 24.4 Å². The van der Waals surface area contributed by atoms with Crippen molar-refractivity contribution < 1.29 is 44.8 Å². The molecule has 6 N–H and O–H groups in total. The highest BCUT2D eigenvalue weighted by molar-refractivity contribution is 5.32. The molecule has 0 aromatic heterocycles. The van der Waals surface area contributed by atoms with E-state index in [1.54, 1.807) is 0 Å². The van der Waals surface area contributed by atoms with Gasteiger partial charge in [0.05, 0.1) is 36.1 Å². The van der Waals surface area contributed by atoms with Gasteiger partial charge < -0.3 is 44.8 Å². The summed E-state index contributed by atoms with van der Waals surface area (Å²) in [5, 5.41) is 63.7. The topological polar surface area (TPSA) is 149 Å². The van der Waals surface area contributed by atoms with Crippen LogP contribution in [0, 0.1) is 44.8 Å². The Morgan fingerprint density at radius 2 is 1.44 bits per heavy atom. The molecule has 0 bridgehead atoms. The monoisotopic (exact) mass is 636 g/mol. The first kappa shape index (κ1) is 33.2. The number of aliphatic hydroxyl groups is 6. The maximum atomic E-state index is 11.9. The largest absolute Gasteiger partial charge is 0.394 e. The van der Waals surface area contributed by atoms with Crippen LogP contribution in [0.2, 0.25) is 0 Å². The Kier molecular flexibility index (Phi) is 7.44. The second kappa shape index (κ2) is 10.1. The molecule has 7 aliphatic rings. The predicted molar refractivity (Wildman–Crippen MR) is 166 cm³/mol. The summed E-state index contributed by atoms with van der Waals surface area (Å²) in [5.74, 6) is 1.02. The Bertz CT molecular complexity index is 1170. The minimum atomic E-state index is -1.44. The van der Waals surface area contributed by atoms with Crippen molar-refractivity contribution in [1.29, 1.82) is 0 Å². The van der Waals surface area contributed by atoms with Gasteiger partial charge in [0, 0.05) is 5.92 Å². The molecule has 7 fully saturated rings. The van der Waals surface area contributed by atoms with E-state index in [9.17, 15) is 30.6 Å². The van der Waals surface area contributed by atoms with Gasteiger partial charge in [-0.3, -0.25) is 0 Å². The Hall–Kier alpha value is -0.360. The molecule has 2 spiro atoms. The van der Waals surface area contributed by atoms with Gasteiger partial charge in [0.25, 0.3) is 0 Å². The van der Waals surface area contributed by atoms with Crippen LogP contribution in [0.15, 0.2) is 0 Å². The molecule has 45 heavy (non-hydrogen) atoms. The Balaban J connectivity index is 1.12. The quantitative estimate of drug-likeness (QED) is 0.250. The number of hydrogen-bond donors (Lipinski definition) is 6. The Morgan fingerprint density at radius 3 is 2.09 bits per heavy atom. The van der Waals surface area contributed by atoms with E-state index in [4.69, 9.17) is 14.2 Å². The molecule has 0 radical (unpaired) electrons. The van der Waals surface area contributed by atoms with E-state index < -0.39 is 54.6 Å². The van der Waals surface area contributed by atoms with Gasteiger partial charge in [-0.05, 0) is 124 Å². The third-order valence-corrected chi connectivity index (χ3v) is 15.9. The average molecular weight is 637 g/mol. The summed E-state index contributed by atoms with van der Waals surface area (Å²) >= 11 is 0. The molecule has 2 heterocycles. The summed E-state index contributed by atoms with van der Waals surface area (Å²) in [7, 11) is 0. The van der Waals surface area contributed by atoms with Crippen LogP contribution in [0.1, 0.15) is 113 Å². The molecule has 5 aliphatic carbocycles. The van der Waals surface area contributed by atoms with Crippen molar-refractivity contribution >= 4 is 0 Å². The first-order valence-corrected chi connectivity index (χ1v) is 17.9. The Labute approximate surface area is 269 Å². The molecule has 0 aromatic rings. The van der Waals surface area contributed by atoms with E-state index in [1.165, 1.54) is 12.8 Å². The first-order valence-electron chi connectivity index (χ1n) is 17.9. The second-order valence-corrected chi connectivity index (χ2v) is 18.5. The third kappa shape index (κ3) is 4.24. The van der Waals surface area contributed by atoms with Crippen LogP contribution < -0.4 is 0 Å². The van der Waals surface area contributed by atoms with E-state index >= 15 is 0 Å². The zero-order chi connectivity index (χ0) is 32.8. The van der Waals surface area contributed by atoms with Crippen LogP contribution in [0.25, 0.3) is 0 Å². The molecule has 9 heteroatoms. The molecule has 0 unspecified atom stereocenters. The third-order valence-electron chi connectivity index (χ3n) is 15.9. The second-order valence-electron chi connectivity index (χ2n) is 18.5. The Morgan fingerprint density at radius 1 is 0.778 bits per heavy atom. The van der Waals surface area contributed by atoms with Crippen LogP contribution in [0.5, 0.6) is 0 Å². The SMILES string of the molecule is CC(C)(O)[C@H]1CC[C@@](C)([C@H]2[C@@H](O)C[C@@]3(C)[C@@H]4CC[C@H]5C(C)(C)[C@@H](O[C@@H]6O[C@@H](CO)[C@H](O)[C@@H](O)[C@H]6O)CC[C@@]56C[C@@]46CC[C@]23C)O1. The average Bonchev–Trinajstić information content (AvgIpc) is 3.34. The smallest absolute Gasteiger partial charge is 0.186 e. The van der Waals surface area contributed by atoms with Crippen LogP contribution in [0.3, 0.4) is 0 Å². The normalized spacial score (nSPS) is 58.7. The van der Waals surface area contributed by atoms with E-state index in [1.807, 2.05) is 13.8 Å². The highest BCUT2D eigenvalue weighted by Gasteiger charge is 2.83. The summed E-state index contributed by atoms with van der Waals surface area (Å²) in [5.41, 5.74) is -1.11. The fraction of sp³-hybridized carbons (Fsp3) is 1.00. The number of fused-ring (bicyclic) bond motifs is 2. The summed E-state index contributed by atoms with van der Waals surface area (Å²) in [4.78, 5) is 0. The summed E-state index contributed by atoms with van der Waals surface area (Å²) in [6, 6.07) is 0. The standard InChI is InChI=1S/C36H60O9/c1-30(2)21-8-9-22-33(6)16-19(38)28(34(7)12-10-24(45-34)31(3,4)42)32(33,5)14-15-36(22)18-35(21,36)13-11-23(30)44-29-27(41)26(40)25(39)20(17-37)43-29/h19-29,37-42H,8-18H2,1-7H3/t19-,20-,21-,22-,23-,24+,25-,26+,27+,28-,29-,32+,33-,34-,35+,36-/m0/s1. The molecule has 2 aliphatic heterocycles. The molecule has 0 aromatic carbocycles. The lowest BCUT2D eigenvalue weighted by molar-refractivity contribution is -0.326. The zero-order valence-corrected chi connectivity index (χ0v) is 28.5. The van der Waals surface area contributed by atoms with Crippen molar-refractivity contribution in [3.8, 4) is 0 Å². The molecule has 16 atom stereocenters. The van der Waals surface area contributed by atoms with Gasteiger partial charge in [-0.1, -0.05) is 27.7 Å². The predicted octanol–water partition coefficient (Wildman–Crippen LogP) is 3.29. The van der Waals surface area contributed by atoms with E-state index in [2.05, 4.69) is 34.6 Å². The highest BCUT2D eigenvalue weighted by atomic mass is 16.7. The molecular weight excluding hydrogens is 576 g/mol. The molecule has 7 rings (SSSR count). The summed E-state index contributed by atoms with van der Waals surface area (Å²) < 4.78 is 19.0. The van der Waals surface area contributed by atoms with Crippen LogP contribution in [-0.2, 0) is 14.2 Å². The fourth-order valence-electron chi connectivity index (χ4n) is 13.6. The van der Waals surface area contributed by atoms with Crippen molar-refractivity contribution in [2.24, 2.45) is 44.8 Å². The summed E-state index contributed by atoms with van der Waals surface area (Å²) in [6.45, 7) is 14.9. The van der Waals surface area contributed by atoms with Gasteiger partial charge in [-0.25, -0.2) is 0 Å². The maximum absolute atomic E-state index is 11.9. The zero-order valence-electron chi connectivity index (χ0n) is 28.5. The van der Waals surface area contributed by atoms with Crippen molar-refractivity contribution in [1.82, 2.24) is 0 Å². The highest BCUT2D eigenvalue weighted by Crippen LogP contribution is 2.89. The minimum Gasteiger partial charge on any atom is -0.394 e. The van der Waals surface area contributed by atoms with Gasteiger partial charge in [-0.15, -0.1) is 0 Å². The molecule has 9 nitrogen and oxygen atoms in total. The molecule has 2 saturated heterocycles. The van der Waals surface area contributed by atoms with Crippen molar-refractivity contribution in [3.05, 3.63) is 0 Å². The van der Waals surface area contributed by atoms with Gasteiger partial charge in [-0.2, -0.15) is 0 Å². The minimum absolute atomic E-state index is 0.00316. The molecular formula is C36H60O9. The number of ether oxygens (including phenoxy) is 3. The lowest BCUT2D eigenvalue weighted by atomic mass is 9.41. The van der Waals surface area contributed by atoms with Crippen molar-refractivity contribution in [3.63, 3.8) is 0 Å². The number of aliphatic hydroxyl groups excluding tert-OH is 5. The first-order chi connectivity index (χ1) is 20.8. The van der Waals surface area contributed by atoms with Gasteiger partial charge >= 0.3 is 0 Å². The number of rotatable bonds is 5. The van der Waals surface area contributed by atoms with Crippen LogP contribution in [0.4, 0.5) is 0 Å². The van der Waals surface area contributed by atoms with Crippen LogP contribution in [-0.4, -0.2) is 97.5 Å². The summed E-state index contributed by atoms with van der Waals surface area (Å²) in [6.07, 6.45) is 2.91. The van der Waals surface area contributed by atoms with Crippen molar-refractivity contribution in [2.45, 2.75) is 173 Å². The lowest BCUT2D eigenvalue weighted by Gasteiger charge is -2.64. The fourth-order valence-corrected chi connectivity index (χ4v) is 13.6. The van der Waals surface area contributed by atoms with Gasteiger partial charge in [0.2, 0.25) is 0 Å². The van der Waals surface area contributed by atoms with Crippen molar-refractivity contribution in [2.75, 3.05) is 6.61 Å². The maximum Gasteiger partial charge on any atom is 0.186 e. The molecule has 0 amide bonds. The van der Waals surface area contributed by atoms with E-state index in [0.717, 1.165) is 51.4 Å².